The zero-order valence-electron chi connectivity index (χ0n) is 11.6. The van der Waals surface area contributed by atoms with Gasteiger partial charge in [-0.2, -0.15) is 0 Å². The van der Waals surface area contributed by atoms with Gasteiger partial charge in [-0.15, -0.1) is 0 Å². The van der Waals surface area contributed by atoms with Crippen LogP contribution in [0.3, 0.4) is 0 Å². The molecule has 0 radical (unpaired) electrons. The van der Waals surface area contributed by atoms with Crippen LogP contribution < -0.4 is 11.0 Å². The number of aromatic nitrogens is 3. The van der Waals surface area contributed by atoms with Gasteiger partial charge in [-0.25, -0.2) is 4.79 Å². The van der Waals surface area contributed by atoms with Crippen LogP contribution in [0.2, 0.25) is 0 Å². The average molecular weight is 284 g/mol. The number of fused-ring (bicyclic) bond motifs is 1. The summed E-state index contributed by atoms with van der Waals surface area (Å²) in [6.07, 6.45) is 1.44. The van der Waals surface area contributed by atoms with E-state index < -0.39 is 0 Å². The van der Waals surface area contributed by atoms with E-state index >= 15 is 0 Å². The highest BCUT2D eigenvalue weighted by Gasteiger charge is 2.13. The normalized spacial score (nSPS) is 10.9. The number of nitrogens with one attached hydrogen (secondary N) is 3. The van der Waals surface area contributed by atoms with E-state index in [9.17, 15) is 9.59 Å². The average Bonchev–Trinajstić information content (AvgIpc) is 3.07. The number of carbonyl (C=O) groups is 1. The van der Waals surface area contributed by atoms with Crippen LogP contribution in [0.25, 0.3) is 10.9 Å². The van der Waals surface area contributed by atoms with Crippen molar-refractivity contribution in [1.82, 2.24) is 19.9 Å². The van der Waals surface area contributed by atoms with Crippen LogP contribution in [-0.2, 0) is 13.1 Å². The van der Waals surface area contributed by atoms with E-state index in [0.29, 0.717) is 18.8 Å². The molecule has 3 aromatic rings. The van der Waals surface area contributed by atoms with Gasteiger partial charge < -0.3 is 15.3 Å². The third kappa shape index (κ3) is 2.47. The number of rotatable bonds is 4. The zero-order chi connectivity index (χ0) is 14.8. The van der Waals surface area contributed by atoms with Gasteiger partial charge in [-0.05, 0) is 24.4 Å². The topological polar surface area (TPSA) is 82.7 Å². The van der Waals surface area contributed by atoms with Crippen molar-refractivity contribution in [2.75, 3.05) is 0 Å². The number of imidazole rings is 1. The molecule has 0 saturated heterocycles. The molecule has 2 aromatic heterocycles. The predicted octanol–water partition coefficient (Wildman–Crippen LogP) is 1.61. The lowest BCUT2D eigenvalue weighted by Gasteiger charge is -2.05. The Morgan fingerprint density at radius 2 is 2.14 bits per heavy atom. The maximum Gasteiger partial charge on any atom is 0.326 e. The van der Waals surface area contributed by atoms with Crippen molar-refractivity contribution in [3.8, 4) is 0 Å². The lowest BCUT2D eigenvalue weighted by atomic mass is 10.2. The number of carbonyl (C=O) groups excluding carboxylic acids is 1. The molecule has 21 heavy (non-hydrogen) atoms. The molecule has 1 amide bonds. The second kappa shape index (κ2) is 5.32. The molecular formula is C15H16N4O2. The molecule has 6 nitrogen and oxygen atoms in total. The third-order valence-corrected chi connectivity index (χ3v) is 3.44. The first kappa shape index (κ1) is 13.2. The van der Waals surface area contributed by atoms with E-state index in [4.69, 9.17) is 0 Å². The molecular weight excluding hydrogens is 268 g/mol. The monoisotopic (exact) mass is 284 g/mol. The summed E-state index contributed by atoms with van der Waals surface area (Å²) in [5, 5.41) is 3.92. The van der Waals surface area contributed by atoms with Crippen LogP contribution in [0.5, 0.6) is 0 Å². The van der Waals surface area contributed by atoms with Gasteiger partial charge in [0.1, 0.15) is 5.69 Å². The van der Waals surface area contributed by atoms with E-state index in [1.807, 2.05) is 37.3 Å². The first-order valence-corrected chi connectivity index (χ1v) is 6.82. The van der Waals surface area contributed by atoms with Gasteiger partial charge in [0.2, 0.25) is 0 Å². The van der Waals surface area contributed by atoms with Crippen molar-refractivity contribution >= 4 is 16.8 Å². The van der Waals surface area contributed by atoms with Crippen LogP contribution in [0, 0.1) is 0 Å². The molecule has 3 N–H and O–H groups in total. The fraction of sp³-hybridized carbons (Fsp3) is 0.200. The molecule has 108 valence electrons. The van der Waals surface area contributed by atoms with Crippen molar-refractivity contribution in [2.45, 2.75) is 20.0 Å². The van der Waals surface area contributed by atoms with Crippen molar-refractivity contribution in [3.05, 3.63) is 58.4 Å². The van der Waals surface area contributed by atoms with Gasteiger partial charge >= 0.3 is 5.69 Å². The minimum absolute atomic E-state index is 0.270. The standard InChI is InChI=1S/C15H16N4O2/c1-2-19-13(9-17-15(19)21)14(20)16-8-11-7-10-5-3-4-6-12(10)18-11/h3-7,9,18H,2,8H2,1H3,(H,16,20)(H,17,21). The lowest BCUT2D eigenvalue weighted by Crippen LogP contribution is -2.28. The summed E-state index contributed by atoms with van der Waals surface area (Å²) in [7, 11) is 0. The number of H-pyrrole nitrogens is 2. The minimum atomic E-state index is -0.270. The summed E-state index contributed by atoms with van der Waals surface area (Å²) in [6, 6.07) is 9.93. The van der Waals surface area contributed by atoms with Gasteiger partial charge in [0.05, 0.1) is 6.54 Å². The highest BCUT2D eigenvalue weighted by atomic mass is 16.2. The molecule has 3 rings (SSSR count). The molecule has 0 spiro atoms. The Morgan fingerprint density at radius 1 is 1.33 bits per heavy atom. The second-order valence-electron chi connectivity index (χ2n) is 4.79. The molecule has 0 saturated carbocycles. The molecule has 0 aliphatic heterocycles. The first-order valence-electron chi connectivity index (χ1n) is 6.82. The van der Waals surface area contributed by atoms with E-state index in [2.05, 4.69) is 15.3 Å². The number of nitrogens with zero attached hydrogens (tertiary/aromatic N) is 1. The number of hydrogen-bond donors (Lipinski definition) is 3. The van der Waals surface area contributed by atoms with Crippen LogP contribution >= 0.6 is 0 Å². The smallest absolute Gasteiger partial charge is 0.326 e. The molecule has 0 atom stereocenters. The lowest BCUT2D eigenvalue weighted by molar-refractivity contribution is 0.0941. The number of amides is 1. The molecule has 0 bridgehead atoms. The molecule has 2 heterocycles. The Hall–Kier alpha value is -2.76. The molecule has 0 unspecified atom stereocenters. The number of para-hydroxylation sites is 1. The van der Waals surface area contributed by atoms with Crippen molar-refractivity contribution in [1.29, 1.82) is 0 Å². The largest absolute Gasteiger partial charge is 0.357 e. The summed E-state index contributed by atoms with van der Waals surface area (Å²) in [4.78, 5) is 29.4. The Kier molecular flexibility index (Phi) is 3.35. The Balaban J connectivity index is 1.74. The Bertz CT molecular complexity index is 808. The maximum atomic E-state index is 12.1. The van der Waals surface area contributed by atoms with Crippen molar-refractivity contribution < 1.29 is 4.79 Å². The van der Waals surface area contributed by atoms with Gasteiger partial charge in [0.15, 0.2) is 0 Å². The quantitative estimate of drug-likeness (QED) is 0.680. The number of aromatic amines is 2. The summed E-state index contributed by atoms with van der Waals surface area (Å²) in [6.45, 7) is 2.66. The SMILES string of the molecule is CCn1c(C(=O)NCc2cc3ccccc3[nH]2)c[nH]c1=O. The van der Waals surface area contributed by atoms with Gasteiger partial charge in [0.25, 0.3) is 5.91 Å². The Morgan fingerprint density at radius 3 is 2.90 bits per heavy atom. The molecule has 6 heteroatoms. The highest BCUT2D eigenvalue weighted by molar-refractivity contribution is 5.92. The fourth-order valence-electron chi connectivity index (χ4n) is 2.39. The predicted molar refractivity (Wildman–Crippen MR) is 80.2 cm³/mol. The third-order valence-electron chi connectivity index (χ3n) is 3.44. The second-order valence-corrected chi connectivity index (χ2v) is 4.79. The van der Waals surface area contributed by atoms with E-state index in [1.54, 1.807) is 0 Å². The van der Waals surface area contributed by atoms with Gasteiger partial charge in [-0.1, -0.05) is 18.2 Å². The molecule has 0 fully saturated rings. The molecule has 0 aliphatic carbocycles. The number of benzene rings is 1. The van der Waals surface area contributed by atoms with E-state index in [1.165, 1.54) is 10.8 Å². The zero-order valence-corrected chi connectivity index (χ0v) is 11.6. The maximum absolute atomic E-state index is 12.1. The van der Waals surface area contributed by atoms with Crippen LogP contribution in [0.1, 0.15) is 23.1 Å². The van der Waals surface area contributed by atoms with Gasteiger partial charge in [0, 0.05) is 24.0 Å². The van der Waals surface area contributed by atoms with E-state index in [0.717, 1.165) is 16.6 Å². The summed E-state index contributed by atoms with van der Waals surface area (Å²) < 4.78 is 1.40. The number of hydrogen-bond acceptors (Lipinski definition) is 2. The van der Waals surface area contributed by atoms with Crippen LogP contribution in [0.15, 0.2) is 41.3 Å². The van der Waals surface area contributed by atoms with Crippen LogP contribution in [-0.4, -0.2) is 20.4 Å². The fourth-order valence-corrected chi connectivity index (χ4v) is 2.39. The summed E-state index contributed by atoms with van der Waals surface area (Å²) in [5.74, 6) is -0.270. The van der Waals surface area contributed by atoms with Crippen molar-refractivity contribution in [2.24, 2.45) is 0 Å². The Labute approximate surface area is 120 Å². The van der Waals surface area contributed by atoms with Crippen molar-refractivity contribution in [3.63, 3.8) is 0 Å². The molecule has 1 aromatic carbocycles. The first-order chi connectivity index (χ1) is 10.2. The molecule has 0 aliphatic rings. The summed E-state index contributed by atoms with van der Waals surface area (Å²) >= 11 is 0. The summed E-state index contributed by atoms with van der Waals surface area (Å²) in [5.41, 5.74) is 2.03. The van der Waals surface area contributed by atoms with Crippen LogP contribution in [0.4, 0.5) is 0 Å². The van der Waals surface area contributed by atoms with E-state index in [-0.39, 0.29) is 11.6 Å². The minimum Gasteiger partial charge on any atom is -0.357 e. The van der Waals surface area contributed by atoms with Gasteiger partial charge in [-0.3, -0.25) is 9.36 Å². The highest BCUT2D eigenvalue weighted by Crippen LogP contribution is 2.14.